The third-order valence-electron chi connectivity index (χ3n) is 5.73. The van der Waals surface area contributed by atoms with Crippen molar-refractivity contribution in [2.45, 2.75) is 50.7 Å². The van der Waals surface area contributed by atoms with Gasteiger partial charge in [0.05, 0.1) is 11.8 Å². The smallest absolute Gasteiger partial charge is 0.327 e. The molecule has 1 aromatic rings. The summed E-state index contributed by atoms with van der Waals surface area (Å²) in [5.41, 5.74) is 0.557. The van der Waals surface area contributed by atoms with Crippen molar-refractivity contribution in [1.82, 2.24) is 10.2 Å². The lowest BCUT2D eigenvalue weighted by atomic mass is 9.81. The number of benzene rings is 1. The highest BCUT2D eigenvalue weighted by molar-refractivity contribution is 6.07. The average molecular weight is 384 g/mol. The van der Waals surface area contributed by atoms with Crippen LogP contribution in [0, 0.1) is 11.8 Å². The second-order valence-electron chi connectivity index (χ2n) is 7.82. The van der Waals surface area contributed by atoms with Gasteiger partial charge in [-0.3, -0.25) is 24.1 Å². The van der Waals surface area contributed by atoms with E-state index in [0.717, 1.165) is 30.6 Å². The van der Waals surface area contributed by atoms with E-state index < -0.39 is 18.6 Å². The zero-order chi connectivity index (χ0) is 19.7. The lowest BCUT2D eigenvalue weighted by Crippen LogP contribution is -2.39. The summed E-state index contributed by atoms with van der Waals surface area (Å²) in [6.45, 7) is -0.440. The van der Waals surface area contributed by atoms with Crippen molar-refractivity contribution in [3.05, 3.63) is 35.9 Å². The van der Waals surface area contributed by atoms with Gasteiger partial charge in [-0.15, -0.1) is 0 Å². The fourth-order valence-corrected chi connectivity index (χ4v) is 4.09. The Morgan fingerprint density at radius 3 is 2.18 bits per heavy atom. The van der Waals surface area contributed by atoms with Gasteiger partial charge in [0.15, 0.2) is 0 Å². The monoisotopic (exact) mass is 384 g/mol. The summed E-state index contributed by atoms with van der Waals surface area (Å²) in [5.74, 6) is -2.32. The molecule has 0 spiro atoms. The van der Waals surface area contributed by atoms with Gasteiger partial charge in [-0.25, -0.2) is 0 Å². The minimum Gasteiger partial charge on any atom is -0.446 e. The first-order chi connectivity index (χ1) is 13.5. The van der Waals surface area contributed by atoms with Crippen molar-refractivity contribution < 1.29 is 23.9 Å². The minimum absolute atomic E-state index is 0.127. The Bertz CT molecular complexity index is 765. The molecule has 2 aliphatic carbocycles. The predicted molar refractivity (Wildman–Crippen MR) is 98.6 cm³/mol. The lowest BCUT2D eigenvalue weighted by Gasteiger charge is -2.20. The first kappa shape index (κ1) is 18.7. The molecular formula is C21H24N2O5. The van der Waals surface area contributed by atoms with Crippen molar-refractivity contribution in [2.24, 2.45) is 11.8 Å². The van der Waals surface area contributed by atoms with E-state index in [0.29, 0.717) is 18.4 Å². The highest BCUT2D eigenvalue weighted by Gasteiger charge is 2.48. The zero-order valence-corrected chi connectivity index (χ0v) is 15.6. The number of nitrogens with zero attached hydrogens (tertiary/aromatic N) is 1. The maximum Gasteiger partial charge on any atom is 0.327 e. The van der Waals surface area contributed by atoms with E-state index in [1.54, 1.807) is 24.3 Å². The summed E-state index contributed by atoms with van der Waals surface area (Å²) in [6.07, 6.45) is 3.98. The molecule has 28 heavy (non-hydrogen) atoms. The van der Waals surface area contributed by atoms with Crippen LogP contribution in [-0.4, -0.2) is 41.2 Å². The zero-order valence-electron chi connectivity index (χ0n) is 15.6. The molecule has 1 heterocycles. The molecular weight excluding hydrogens is 360 g/mol. The van der Waals surface area contributed by atoms with Crippen LogP contribution in [0.4, 0.5) is 0 Å². The summed E-state index contributed by atoms with van der Waals surface area (Å²) >= 11 is 0. The quantitative estimate of drug-likeness (QED) is 0.596. The van der Waals surface area contributed by atoms with Gasteiger partial charge in [-0.1, -0.05) is 43.2 Å². The third kappa shape index (κ3) is 3.79. The number of amides is 3. The third-order valence-corrected chi connectivity index (χ3v) is 5.73. The van der Waals surface area contributed by atoms with Crippen molar-refractivity contribution in [3.63, 3.8) is 0 Å². The number of imide groups is 1. The van der Waals surface area contributed by atoms with Crippen LogP contribution in [0.3, 0.4) is 0 Å². The summed E-state index contributed by atoms with van der Waals surface area (Å²) in [7, 11) is 0. The fraction of sp³-hybridized carbons (Fsp3) is 0.524. The highest BCUT2D eigenvalue weighted by atomic mass is 16.5. The second kappa shape index (κ2) is 7.73. The largest absolute Gasteiger partial charge is 0.446 e. The van der Waals surface area contributed by atoms with Crippen molar-refractivity contribution in [3.8, 4) is 0 Å². The molecule has 1 N–H and O–H groups in total. The number of ether oxygens (including phenoxy) is 1. The molecule has 0 unspecified atom stereocenters. The van der Waals surface area contributed by atoms with Gasteiger partial charge in [0.1, 0.15) is 6.54 Å². The van der Waals surface area contributed by atoms with Crippen LogP contribution in [-0.2, 0) is 23.9 Å². The number of fused-ring (bicyclic) bond motifs is 1. The fourth-order valence-electron chi connectivity index (χ4n) is 4.09. The molecule has 0 aromatic heterocycles. The first-order valence-corrected chi connectivity index (χ1v) is 9.94. The Balaban J connectivity index is 1.44. The molecule has 3 aliphatic rings. The van der Waals surface area contributed by atoms with Gasteiger partial charge in [0.2, 0.25) is 17.9 Å². The SMILES string of the molecule is O=C(CN1C(=O)[C@H]2CCCC[C@H]2C1=O)O[C@@H](C(=O)NC1CC1)c1ccccc1. The standard InChI is InChI=1S/C21H24N2O5/c24-17(12-23-20(26)15-8-4-5-9-16(15)21(23)27)28-18(13-6-2-1-3-7-13)19(25)22-14-10-11-14/h1-3,6-7,14-16,18H,4-5,8-12H2,(H,22,25)/t15-,16+,18-/m1/s1. The van der Waals surface area contributed by atoms with Crippen molar-refractivity contribution >= 4 is 23.7 Å². The number of carbonyl (C=O) groups is 4. The van der Waals surface area contributed by atoms with Crippen molar-refractivity contribution in [2.75, 3.05) is 6.54 Å². The molecule has 0 bridgehead atoms. The van der Waals surface area contributed by atoms with Gasteiger partial charge < -0.3 is 10.1 Å². The number of esters is 1. The van der Waals surface area contributed by atoms with E-state index in [1.807, 2.05) is 6.07 Å². The van der Waals surface area contributed by atoms with E-state index in [4.69, 9.17) is 4.74 Å². The topological polar surface area (TPSA) is 92.8 Å². The number of hydrogen-bond acceptors (Lipinski definition) is 5. The van der Waals surface area contributed by atoms with E-state index >= 15 is 0 Å². The number of rotatable bonds is 6. The Kier molecular flexibility index (Phi) is 5.15. The molecule has 3 atom stereocenters. The predicted octanol–water partition coefficient (Wildman–Crippen LogP) is 1.72. The second-order valence-corrected chi connectivity index (χ2v) is 7.82. The van der Waals surface area contributed by atoms with Crippen LogP contribution in [0.1, 0.15) is 50.2 Å². The summed E-state index contributed by atoms with van der Waals surface area (Å²) in [4.78, 5) is 51.2. The minimum atomic E-state index is -1.09. The van der Waals surface area contributed by atoms with Gasteiger partial charge in [-0.05, 0) is 25.7 Å². The molecule has 1 aromatic carbocycles. The van der Waals surface area contributed by atoms with Crippen LogP contribution in [0.2, 0.25) is 0 Å². The first-order valence-electron chi connectivity index (χ1n) is 9.94. The molecule has 148 valence electrons. The molecule has 2 saturated carbocycles. The summed E-state index contributed by atoms with van der Waals surface area (Å²) in [6, 6.07) is 8.89. The highest BCUT2D eigenvalue weighted by Crippen LogP contribution is 2.38. The van der Waals surface area contributed by atoms with Crippen LogP contribution in [0.25, 0.3) is 0 Å². The normalized spacial score (nSPS) is 25.2. The van der Waals surface area contributed by atoms with Crippen LogP contribution in [0.15, 0.2) is 30.3 Å². The number of carbonyl (C=O) groups excluding carboxylic acids is 4. The molecule has 7 heteroatoms. The Hall–Kier alpha value is -2.70. The maximum atomic E-state index is 12.6. The molecule has 1 saturated heterocycles. The van der Waals surface area contributed by atoms with Crippen LogP contribution >= 0.6 is 0 Å². The van der Waals surface area contributed by atoms with Gasteiger partial charge >= 0.3 is 5.97 Å². The Morgan fingerprint density at radius 2 is 1.61 bits per heavy atom. The van der Waals surface area contributed by atoms with Crippen LogP contribution in [0.5, 0.6) is 0 Å². The van der Waals surface area contributed by atoms with Crippen molar-refractivity contribution in [1.29, 1.82) is 0 Å². The molecule has 0 radical (unpaired) electrons. The molecule has 3 fully saturated rings. The van der Waals surface area contributed by atoms with E-state index in [2.05, 4.69) is 5.32 Å². The Labute approximate surface area is 163 Å². The Morgan fingerprint density at radius 1 is 1.00 bits per heavy atom. The maximum absolute atomic E-state index is 12.6. The molecule has 3 amide bonds. The average Bonchev–Trinajstić information content (AvgIpc) is 3.50. The molecule has 4 rings (SSSR count). The van der Waals surface area contributed by atoms with Crippen LogP contribution < -0.4 is 5.32 Å². The van der Waals surface area contributed by atoms with Gasteiger partial charge in [0.25, 0.3) is 5.91 Å². The molecule has 1 aliphatic heterocycles. The van der Waals surface area contributed by atoms with Gasteiger partial charge in [-0.2, -0.15) is 0 Å². The summed E-state index contributed by atoms with van der Waals surface area (Å²) in [5, 5.41) is 2.85. The molecule has 7 nitrogen and oxygen atoms in total. The summed E-state index contributed by atoms with van der Waals surface area (Å²) < 4.78 is 5.44. The number of hydrogen-bond donors (Lipinski definition) is 1. The number of nitrogens with one attached hydrogen (secondary N) is 1. The van der Waals surface area contributed by atoms with E-state index in [9.17, 15) is 19.2 Å². The lowest BCUT2D eigenvalue weighted by molar-refractivity contribution is -0.160. The van der Waals surface area contributed by atoms with E-state index in [1.165, 1.54) is 0 Å². The van der Waals surface area contributed by atoms with Gasteiger partial charge in [0, 0.05) is 11.6 Å². The van der Waals surface area contributed by atoms with E-state index in [-0.39, 0.29) is 35.6 Å². The number of likely N-dealkylation sites (tertiary alicyclic amines) is 1.